The van der Waals surface area contributed by atoms with Crippen LogP contribution in [0.15, 0.2) is 24.3 Å². The standard InChI is InChI=1S/C15H18FNO4/c1-10(21-13-6-2-5-12(16)8-13)14(18)17-7-3-4-11(9-17)15(19)20/h2,5-6,8,10-11H,3-4,7,9H2,1H3,(H,19,20)/t10?,11-/m0/s1. The predicted molar refractivity (Wildman–Crippen MR) is 73.4 cm³/mol. The molecule has 114 valence electrons. The fraction of sp³-hybridized carbons (Fsp3) is 0.467. The van der Waals surface area contributed by atoms with E-state index in [0.29, 0.717) is 19.4 Å². The van der Waals surface area contributed by atoms with Crippen LogP contribution in [0.2, 0.25) is 0 Å². The van der Waals surface area contributed by atoms with Gasteiger partial charge in [0.25, 0.3) is 5.91 Å². The van der Waals surface area contributed by atoms with Gasteiger partial charge in [0.05, 0.1) is 5.92 Å². The number of nitrogens with zero attached hydrogens (tertiary/aromatic N) is 1. The largest absolute Gasteiger partial charge is 0.481 e. The number of benzene rings is 1. The summed E-state index contributed by atoms with van der Waals surface area (Å²) < 4.78 is 18.5. The first-order valence-corrected chi connectivity index (χ1v) is 6.91. The van der Waals surface area contributed by atoms with E-state index in [2.05, 4.69) is 0 Å². The van der Waals surface area contributed by atoms with E-state index in [1.807, 2.05) is 0 Å². The summed E-state index contributed by atoms with van der Waals surface area (Å²) in [5, 5.41) is 9.03. The Balaban J connectivity index is 1.97. The molecule has 1 aromatic rings. The van der Waals surface area contributed by atoms with E-state index in [9.17, 15) is 14.0 Å². The minimum absolute atomic E-state index is 0.199. The van der Waals surface area contributed by atoms with E-state index in [-0.39, 0.29) is 18.2 Å². The fourth-order valence-electron chi connectivity index (χ4n) is 2.43. The first-order valence-electron chi connectivity index (χ1n) is 6.91. The Bertz CT molecular complexity index is 534. The number of rotatable bonds is 4. The number of carboxylic acids is 1. The zero-order valence-electron chi connectivity index (χ0n) is 11.8. The predicted octanol–water partition coefficient (Wildman–Crippen LogP) is 1.92. The summed E-state index contributed by atoms with van der Waals surface area (Å²) in [5.41, 5.74) is 0. The van der Waals surface area contributed by atoms with Gasteiger partial charge in [-0.05, 0) is 31.9 Å². The van der Waals surface area contributed by atoms with Crippen molar-refractivity contribution in [3.05, 3.63) is 30.1 Å². The summed E-state index contributed by atoms with van der Waals surface area (Å²) in [6.45, 7) is 2.31. The minimum atomic E-state index is -0.883. The summed E-state index contributed by atoms with van der Waals surface area (Å²) in [6, 6.07) is 5.58. The molecule has 0 radical (unpaired) electrons. The second kappa shape index (κ2) is 6.56. The highest BCUT2D eigenvalue weighted by molar-refractivity contribution is 5.82. The molecule has 21 heavy (non-hydrogen) atoms. The van der Waals surface area contributed by atoms with Crippen LogP contribution in [0.25, 0.3) is 0 Å². The summed E-state index contributed by atoms with van der Waals surface area (Å²) >= 11 is 0. The Morgan fingerprint density at radius 3 is 2.90 bits per heavy atom. The molecule has 1 heterocycles. The van der Waals surface area contributed by atoms with E-state index in [1.54, 1.807) is 13.0 Å². The zero-order valence-corrected chi connectivity index (χ0v) is 11.8. The molecule has 6 heteroatoms. The van der Waals surface area contributed by atoms with Crippen molar-refractivity contribution in [1.82, 2.24) is 4.90 Å². The summed E-state index contributed by atoms with van der Waals surface area (Å²) in [5.74, 6) is -1.83. The maximum atomic E-state index is 13.1. The highest BCUT2D eigenvalue weighted by atomic mass is 19.1. The summed E-state index contributed by atoms with van der Waals surface area (Å²) in [7, 11) is 0. The number of halogens is 1. The Labute approximate surface area is 122 Å². The maximum Gasteiger partial charge on any atom is 0.308 e. The number of carbonyl (C=O) groups is 2. The van der Waals surface area contributed by atoms with E-state index in [0.717, 1.165) is 0 Å². The van der Waals surface area contributed by atoms with Crippen LogP contribution < -0.4 is 4.74 Å². The van der Waals surface area contributed by atoms with Gasteiger partial charge in [-0.1, -0.05) is 6.07 Å². The molecule has 0 saturated carbocycles. The third kappa shape index (κ3) is 3.93. The summed E-state index contributed by atoms with van der Waals surface area (Å²) in [4.78, 5) is 24.8. The molecule has 0 bridgehead atoms. The van der Waals surface area contributed by atoms with Crippen molar-refractivity contribution < 1.29 is 23.8 Å². The Hall–Kier alpha value is -2.11. The first-order chi connectivity index (χ1) is 9.97. The minimum Gasteiger partial charge on any atom is -0.481 e. The van der Waals surface area contributed by atoms with Gasteiger partial charge in [0.15, 0.2) is 6.10 Å². The van der Waals surface area contributed by atoms with Gasteiger partial charge in [0.2, 0.25) is 0 Å². The molecule has 5 nitrogen and oxygen atoms in total. The van der Waals surface area contributed by atoms with Gasteiger partial charge in [0.1, 0.15) is 11.6 Å². The van der Waals surface area contributed by atoms with Gasteiger partial charge in [0, 0.05) is 19.2 Å². The smallest absolute Gasteiger partial charge is 0.308 e. The highest BCUT2D eigenvalue weighted by Crippen LogP contribution is 2.19. The SMILES string of the molecule is CC(Oc1cccc(F)c1)C(=O)N1CCC[C@H](C(=O)O)C1. The number of carboxylic acid groups (broad SMARTS) is 1. The molecule has 1 unspecified atom stereocenters. The molecule has 1 amide bonds. The van der Waals surface area contributed by atoms with Crippen LogP contribution in [0, 0.1) is 11.7 Å². The molecule has 0 spiro atoms. The molecule has 1 fully saturated rings. The molecule has 1 saturated heterocycles. The molecular formula is C15H18FNO4. The summed E-state index contributed by atoms with van der Waals surface area (Å²) in [6.07, 6.45) is 0.465. The van der Waals surface area contributed by atoms with Gasteiger partial charge in [-0.2, -0.15) is 0 Å². The quantitative estimate of drug-likeness (QED) is 0.921. The number of aliphatic carboxylic acids is 1. The van der Waals surface area contributed by atoms with E-state index in [4.69, 9.17) is 9.84 Å². The van der Waals surface area contributed by atoms with Crippen LogP contribution in [0.1, 0.15) is 19.8 Å². The Kier molecular flexibility index (Phi) is 4.77. The maximum absolute atomic E-state index is 13.1. The Morgan fingerprint density at radius 1 is 1.48 bits per heavy atom. The van der Waals surface area contributed by atoms with E-state index < -0.39 is 23.8 Å². The number of piperidine rings is 1. The number of amides is 1. The second-order valence-corrected chi connectivity index (χ2v) is 5.18. The van der Waals surface area contributed by atoms with Gasteiger partial charge in [-0.25, -0.2) is 4.39 Å². The molecule has 2 rings (SSSR count). The van der Waals surface area contributed by atoms with Gasteiger partial charge >= 0.3 is 5.97 Å². The lowest BCUT2D eigenvalue weighted by atomic mass is 9.98. The topological polar surface area (TPSA) is 66.8 Å². The zero-order chi connectivity index (χ0) is 15.4. The van der Waals surface area contributed by atoms with Crippen LogP contribution in [-0.4, -0.2) is 41.1 Å². The molecular weight excluding hydrogens is 277 g/mol. The van der Waals surface area contributed by atoms with Crippen molar-refractivity contribution in [2.75, 3.05) is 13.1 Å². The number of ether oxygens (including phenoxy) is 1. The third-order valence-corrected chi connectivity index (χ3v) is 3.54. The van der Waals surface area contributed by atoms with Crippen LogP contribution in [0.5, 0.6) is 5.75 Å². The highest BCUT2D eigenvalue weighted by Gasteiger charge is 2.30. The lowest BCUT2D eigenvalue weighted by molar-refractivity contribution is -0.147. The number of hydrogen-bond donors (Lipinski definition) is 1. The van der Waals surface area contributed by atoms with Crippen LogP contribution in [0.3, 0.4) is 0 Å². The second-order valence-electron chi connectivity index (χ2n) is 5.18. The number of likely N-dealkylation sites (tertiary alicyclic amines) is 1. The van der Waals surface area contributed by atoms with Crippen molar-refractivity contribution in [2.45, 2.75) is 25.9 Å². The van der Waals surface area contributed by atoms with Gasteiger partial charge in [-0.3, -0.25) is 9.59 Å². The Morgan fingerprint density at radius 2 is 2.24 bits per heavy atom. The third-order valence-electron chi connectivity index (χ3n) is 3.54. The van der Waals surface area contributed by atoms with Crippen molar-refractivity contribution in [3.8, 4) is 5.75 Å². The fourth-order valence-corrected chi connectivity index (χ4v) is 2.43. The number of hydrogen-bond acceptors (Lipinski definition) is 3. The first kappa shape index (κ1) is 15.3. The van der Waals surface area contributed by atoms with Crippen LogP contribution in [-0.2, 0) is 9.59 Å². The molecule has 1 aliphatic rings. The average molecular weight is 295 g/mol. The monoisotopic (exact) mass is 295 g/mol. The lowest BCUT2D eigenvalue weighted by Crippen LogP contribution is -2.47. The van der Waals surface area contributed by atoms with Gasteiger partial charge in [-0.15, -0.1) is 0 Å². The van der Waals surface area contributed by atoms with E-state index >= 15 is 0 Å². The van der Waals surface area contributed by atoms with Crippen molar-refractivity contribution in [1.29, 1.82) is 0 Å². The van der Waals surface area contributed by atoms with Gasteiger partial charge < -0.3 is 14.7 Å². The van der Waals surface area contributed by atoms with E-state index in [1.165, 1.54) is 23.1 Å². The average Bonchev–Trinajstić information content (AvgIpc) is 2.46. The number of carbonyl (C=O) groups excluding carboxylic acids is 1. The molecule has 1 aliphatic heterocycles. The molecule has 1 N–H and O–H groups in total. The van der Waals surface area contributed by atoms with Crippen LogP contribution >= 0.6 is 0 Å². The van der Waals surface area contributed by atoms with Crippen molar-refractivity contribution in [3.63, 3.8) is 0 Å². The molecule has 0 aliphatic carbocycles. The van der Waals surface area contributed by atoms with Crippen molar-refractivity contribution in [2.24, 2.45) is 5.92 Å². The molecule has 2 atom stereocenters. The molecule has 1 aromatic carbocycles. The molecule has 0 aromatic heterocycles. The lowest BCUT2D eigenvalue weighted by Gasteiger charge is -2.32. The van der Waals surface area contributed by atoms with Crippen molar-refractivity contribution >= 4 is 11.9 Å². The normalized spacial score (nSPS) is 19.9. The van der Waals surface area contributed by atoms with Crippen LogP contribution in [0.4, 0.5) is 4.39 Å².